The molecule has 0 aromatic rings. The lowest BCUT2D eigenvalue weighted by Gasteiger charge is -2.19. The quantitative estimate of drug-likeness (QED) is 0.645. The highest BCUT2D eigenvalue weighted by molar-refractivity contribution is 6.44. The summed E-state index contributed by atoms with van der Waals surface area (Å²) in [6.07, 6.45) is 0. The molecule has 0 bridgehead atoms. The van der Waals surface area contributed by atoms with E-state index in [4.69, 9.17) is 13.6 Å². The molecule has 0 N–H and O–H groups in total. The van der Waals surface area contributed by atoms with Crippen LogP contribution in [-0.2, 0) is 18.4 Å². The Morgan fingerprint density at radius 1 is 1.38 bits per heavy atom. The lowest BCUT2D eigenvalue weighted by molar-refractivity contribution is -0.145. The third-order valence-corrected chi connectivity index (χ3v) is 2.26. The largest absolute Gasteiger partial charge is 0.490 e. The monoisotopic (exact) mass is 205 g/mol. The highest BCUT2D eigenvalue weighted by atomic mass is 28.3. The van der Waals surface area contributed by atoms with Crippen molar-refractivity contribution in [1.82, 2.24) is 0 Å². The van der Waals surface area contributed by atoms with Crippen LogP contribution in [-0.4, -0.2) is 34.6 Å². The Labute approximate surface area is 81.0 Å². The molecule has 0 saturated carbocycles. The molecule has 0 aromatic carbocycles. The van der Waals surface area contributed by atoms with Gasteiger partial charge in [-0.15, -0.1) is 0 Å². The van der Waals surface area contributed by atoms with Gasteiger partial charge in [-0.25, -0.2) is 0 Å². The third kappa shape index (κ3) is 7.95. The first kappa shape index (κ1) is 12.6. The molecule has 77 valence electrons. The molecule has 0 saturated heterocycles. The molecule has 0 atom stereocenters. The molecule has 0 aliphatic carbocycles. The molecule has 0 aliphatic heterocycles. The number of hydrogen-bond acceptors (Lipinski definition) is 4. The number of rotatable bonds is 4. The van der Waals surface area contributed by atoms with Crippen molar-refractivity contribution in [2.45, 2.75) is 32.9 Å². The molecule has 5 heteroatoms. The van der Waals surface area contributed by atoms with E-state index in [0.717, 1.165) is 0 Å². The van der Waals surface area contributed by atoms with Gasteiger partial charge in [0, 0.05) is 7.11 Å². The second-order valence-electron chi connectivity index (χ2n) is 3.57. The van der Waals surface area contributed by atoms with Crippen LogP contribution < -0.4 is 0 Å². The van der Waals surface area contributed by atoms with E-state index >= 15 is 0 Å². The summed E-state index contributed by atoms with van der Waals surface area (Å²) in [6.45, 7) is 7.38. The predicted molar refractivity (Wildman–Crippen MR) is 50.4 cm³/mol. The fourth-order valence-corrected chi connectivity index (χ4v) is 0.970. The lowest BCUT2D eigenvalue weighted by atomic mass is 10.2. The molecule has 0 fully saturated rings. The zero-order chi connectivity index (χ0) is 10.5. The van der Waals surface area contributed by atoms with Crippen molar-refractivity contribution in [3.8, 4) is 0 Å². The molecule has 4 nitrogen and oxygen atoms in total. The average Bonchev–Trinajstić information content (AvgIpc) is 1.99. The minimum Gasteiger partial charge on any atom is -0.490 e. The maximum absolute atomic E-state index is 11.1. The van der Waals surface area contributed by atoms with Gasteiger partial charge in [0.25, 0.3) is 0 Å². The van der Waals surface area contributed by atoms with E-state index in [0.29, 0.717) is 0 Å². The minimum atomic E-state index is -1.42. The van der Waals surface area contributed by atoms with Crippen LogP contribution in [0.4, 0.5) is 0 Å². The summed E-state index contributed by atoms with van der Waals surface area (Å²) in [5, 5.41) is 0. The summed E-state index contributed by atoms with van der Waals surface area (Å²) in [7, 11) is 0.0955. The average molecular weight is 205 g/mol. The summed E-state index contributed by atoms with van der Waals surface area (Å²) in [5.41, 5.74) is -0.313. The lowest BCUT2D eigenvalue weighted by Crippen LogP contribution is -2.28. The third-order valence-electron chi connectivity index (χ3n) is 1.17. The van der Waals surface area contributed by atoms with Gasteiger partial charge in [0.05, 0.1) is 5.60 Å². The second kappa shape index (κ2) is 5.36. The van der Waals surface area contributed by atoms with Crippen LogP contribution in [0.2, 0.25) is 6.55 Å². The van der Waals surface area contributed by atoms with E-state index < -0.39 is 9.28 Å². The van der Waals surface area contributed by atoms with Crippen molar-refractivity contribution < 1.29 is 18.4 Å². The van der Waals surface area contributed by atoms with E-state index in [2.05, 4.69) is 0 Å². The molecular weight excluding hydrogens is 188 g/mol. The van der Waals surface area contributed by atoms with Crippen LogP contribution >= 0.6 is 0 Å². The van der Waals surface area contributed by atoms with Crippen LogP contribution in [0.25, 0.3) is 0 Å². The van der Waals surface area contributed by atoms with E-state index in [9.17, 15) is 4.79 Å². The highest BCUT2D eigenvalue weighted by Gasteiger charge is 2.16. The first-order valence-corrected chi connectivity index (χ1v) is 5.89. The zero-order valence-corrected chi connectivity index (χ0v) is 9.84. The first-order valence-electron chi connectivity index (χ1n) is 4.07. The van der Waals surface area contributed by atoms with E-state index in [-0.39, 0.29) is 18.2 Å². The number of hydrogen-bond donors (Lipinski definition) is 0. The van der Waals surface area contributed by atoms with Crippen molar-refractivity contribution in [2.75, 3.05) is 13.7 Å². The Morgan fingerprint density at radius 2 is 1.92 bits per heavy atom. The molecule has 13 heavy (non-hydrogen) atoms. The van der Waals surface area contributed by atoms with Crippen LogP contribution in [0.5, 0.6) is 0 Å². The van der Waals surface area contributed by atoms with Gasteiger partial charge >= 0.3 is 15.3 Å². The van der Waals surface area contributed by atoms with E-state index in [1.165, 1.54) is 7.11 Å². The summed E-state index contributed by atoms with van der Waals surface area (Å²) in [4.78, 5) is 11.1. The summed E-state index contributed by atoms with van der Waals surface area (Å²) < 4.78 is 15.0. The molecule has 0 amide bonds. The van der Waals surface area contributed by atoms with Gasteiger partial charge < -0.3 is 13.6 Å². The Bertz CT molecular complexity index is 164. The summed E-state index contributed by atoms with van der Waals surface area (Å²) in [6, 6.07) is 0. The minimum absolute atomic E-state index is 0.0190. The van der Waals surface area contributed by atoms with Crippen LogP contribution in [0.1, 0.15) is 20.8 Å². The smallest absolute Gasteiger partial charge is 0.456 e. The zero-order valence-electron chi connectivity index (χ0n) is 8.84. The highest BCUT2D eigenvalue weighted by Crippen LogP contribution is 2.06. The Balaban J connectivity index is 3.64. The molecule has 1 radical (unpaired) electrons. The van der Waals surface area contributed by atoms with Crippen molar-refractivity contribution in [1.29, 1.82) is 0 Å². The molecule has 0 aliphatic rings. The van der Waals surface area contributed by atoms with Crippen molar-refractivity contribution in [3.63, 3.8) is 0 Å². The predicted octanol–water partition coefficient (Wildman–Crippen LogP) is 1.11. The fourth-order valence-electron chi connectivity index (χ4n) is 0.507. The molecule has 0 aromatic heterocycles. The number of carbonyl (C=O) groups is 1. The van der Waals surface area contributed by atoms with E-state index in [1.807, 2.05) is 20.8 Å². The van der Waals surface area contributed by atoms with Gasteiger partial charge in [-0.1, -0.05) is 0 Å². The van der Waals surface area contributed by atoms with Crippen LogP contribution in [0.15, 0.2) is 0 Å². The topological polar surface area (TPSA) is 44.8 Å². The van der Waals surface area contributed by atoms with Gasteiger partial charge in [0.2, 0.25) is 0 Å². The fraction of sp³-hybridized carbons (Fsp3) is 0.875. The number of ether oxygens (including phenoxy) is 1. The maximum atomic E-state index is 11.1. The summed E-state index contributed by atoms with van der Waals surface area (Å²) >= 11 is 0. The molecule has 0 heterocycles. The van der Waals surface area contributed by atoms with Gasteiger partial charge in [-0.3, -0.25) is 4.79 Å². The molecular formula is C8H17O4Si. The van der Waals surface area contributed by atoms with Crippen molar-refractivity contribution in [3.05, 3.63) is 0 Å². The van der Waals surface area contributed by atoms with E-state index in [1.54, 1.807) is 6.55 Å². The standard InChI is InChI=1S/C8H17O4Si/c1-8(2,3)11-6-7(9)12-13(5)10-4/h6H2,1-5H3. The van der Waals surface area contributed by atoms with Gasteiger partial charge in [-0.05, 0) is 27.3 Å². The Hall–Kier alpha value is -0.393. The van der Waals surface area contributed by atoms with Gasteiger partial charge in [0.1, 0.15) is 6.61 Å². The maximum Gasteiger partial charge on any atom is 0.456 e. The van der Waals surface area contributed by atoms with Crippen molar-refractivity contribution in [2.24, 2.45) is 0 Å². The second-order valence-corrected chi connectivity index (χ2v) is 5.17. The Kier molecular flexibility index (Phi) is 5.20. The van der Waals surface area contributed by atoms with Gasteiger partial charge in [0.15, 0.2) is 0 Å². The normalized spacial score (nSPS) is 11.8. The first-order chi connectivity index (χ1) is 5.85. The van der Waals surface area contributed by atoms with Crippen LogP contribution in [0.3, 0.4) is 0 Å². The Morgan fingerprint density at radius 3 is 2.31 bits per heavy atom. The molecule has 0 spiro atoms. The number of carbonyl (C=O) groups excluding carboxylic acids is 1. The SMILES string of the molecule is CO[Si](C)OC(=O)COC(C)(C)C. The van der Waals surface area contributed by atoms with Crippen molar-refractivity contribution >= 4 is 15.3 Å². The summed E-state index contributed by atoms with van der Waals surface area (Å²) in [5.74, 6) is -0.367. The molecule has 0 rings (SSSR count). The molecule has 0 unspecified atom stereocenters. The van der Waals surface area contributed by atoms with Crippen LogP contribution in [0, 0.1) is 0 Å². The van der Waals surface area contributed by atoms with Gasteiger partial charge in [-0.2, -0.15) is 0 Å².